The molecule has 2 heterocycles. The summed E-state index contributed by atoms with van der Waals surface area (Å²) in [4.78, 5) is 4.75. The van der Waals surface area contributed by atoms with Gasteiger partial charge >= 0.3 is 0 Å². The number of rotatable bonds is 2. The summed E-state index contributed by atoms with van der Waals surface area (Å²) >= 11 is 0. The van der Waals surface area contributed by atoms with Gasteiger partial charge in [-0.15, -0.1) is 0 Å². The molecule has 0 aliphatic carbocycles. The zero-order valence-corrected chi connectivity index (χ0v) is 12.5. The quantitative estimate of drug-likeness (QED) is 0.902. The van der Waals surface area contributed by atoms with Crippen molar-refractivity contribution in [1.29, 1.82) is 0 Å². The molecule has 3 rings (SSSR count). The molecule has 2 saturated heterocycles. The first-order chi connectivity index (χ1) is 10.1. The van der Waals surface area contributed by atoms with Gasteiger partial charge in [-0.3, -0.25) is 4.90 Å². The zero-order valence-electron chi connectivity index (χ0n) is 12.5. The van der Waals surface area contributed by atoms with Gasteiger partial charge in [0.05, 0.1) is 0 Å². The lowest BCUT2D eigenvalue weighted by Gasteiger charge is -2.44. The van der Waals surface area contributed by atoms with E-state index < -0.39 is 11.6 Å². The number of piperazine rings is 1. The predicted molar refractivity (Wildman–Crippen MR) is 80.6 cm³/mol. The molecule has 1 aromatic carbocycles. The second-order valence-electron chi connectivity index (χ2n) is 6.11. The second kappa shape index (κ2) is 6.28. The minimum absolute atomic E-state index is 0.582. The van der Waals surface area contributed by atoms with Gasteiger partial charge in [0, 0.05) is 56.6 Å². The maximum atomic E-state index is 13.3. The first-order valence-corrected chi connectivity index (χ1v) is 7.81. The van der Waals surface area contributed by atoms with Crippen LogP contribution in [-0.4, -0.2) is 49.7 Å². The molecule has 2 aliphatic rings. The van der Waals surface area contributed by atoms with Crippen LogP contribution in [0, 0.1) is 11.6 Å². The SMILES string of the molecule is C[C@@H]1CNCCN1C1CCN(c2ccc(F)c(F)c2)CC1. The normalized spacial score (nSPS) is 25.3. The van der Waals surface area contributed by atoms with Crippen molar-refractivity contribution in [1.82, 2.24) is 10.2 Å². The molecule has 0 radical (unpaired) electrons. The summed E-state index contributed by atoms with van der Waals surface area (Å²) in [6, 6.07) is 5.40. The third kappa shape index (κ3) is 3.19. The van der Waals surface area contributed by atoms with Crippen LogP contribution in [0.4, 0.5) is 14.5 Å². The van der Waals surface area contributed by atoms with Crippen molar-refractivity contribution in [2.75, 3.05) is 37.6 Å². The van der Waals surface area contributed by atoms with E-state index in [1.165, 1.54) is 12.1 Å². The molecular weight excluding hydrogens is 272 g/mol. The third-order valence-electron chi connectivity index (χ3n) is 4.75. The first kappa shape index (κ1) is 14.7. The van der Waals surface area contributed by atoms with Gasteiger partial charge in [-0.2, -0.15) is 0 Å². The van der Waals surface area contributed by atoms with Crippen molar-refractivity contribution >= 4 is 5.69 Å². The number of nitrogens with zero attached hydrogens (tertiary/aromatic N) is 2. The molecule has 0 bridgehead atoms. The minimum atomic E-state index is -0.775. The van der Waals surface area contributed by atoms with Crippen LogP contribution in [0.5, 0.6) is 0 Å². The van der Waals surface area contributed by atoms with Crippen molar-refractivity contribution in [3.05, 3.63) is 29.8 Å². The molecule has 21 heavy (non-hydrogen) atoms. The van der Waals surface area contributed by atoms with E-state index in [2.05, 4.69) is 22.0 Å². The van der Waals surface area contributed by atoms with E-state index in [4.69, 9.17) is 0 Å². The maximum absolute atomic E-state index is 13.3. The Bertz CT molecular complexity index is 486. The van der Waals surface area contributed by atoms with Crippen molar-refractivity contribution in [2.24, 2.45) is 0 Å². The van der Waals surface area contributed by atoms with Gasteiger partial charge < -0.3 is 10.2 Å². The lowest BCUT2D eigenvalue weighted by Crippen LogP contribution is -2.56. The molecule has 1 atom stereocenters. The van der Waals surface area contributed by atoms with Crippen molar-refractivity contribution in [3.63, 3.8) is 0 Å². The molecule has 0 unspecified atom stereocenters. The topological polar surface area (TPSA) is 18.5 Å². The van der Waals surface area contributed by atoms with Crippen LogP contribution < -0.4 is 10.2 Å². The first-order valence-electron chi connectivity index (χ1n) is 7.81. The molecule has 5 heteroatoms. The van der Waals surface area contributed by atoms with Crippen LogP contribution in [0.15, 0.2) is 18.2 Å². The van der Waals surface area contributed by atoms with Gasteiger partial charge in [0.15, 0.2) is 11.6 Å². The van der Waals surface area contributed by atoms with E-state index in [9.17, 15) is 8.78 Å². The van der Waals surface area contributed by atoms with Crippen molar-refractivity contribution < 1.29 is 8.78 Å². The number of hydrogen-bond donors (Lipinski definition) is 1. The van der Waals surface area contributed by atoms with E-state index in [0.717, 1.165) is 51.3 Å². The third-order valence-corrected chi connectivity index (χ3v) is 4.75. The second-order valence-corrected chi connectivity index (χ2v) is 6.11. The van der Waals surface area contributed by atoms with E-state index >= 15 is 0 Å². The molecule has 1 N–H and O–H groups in total. The largest absolute Gasteiger partial charge is 0.371 e. The fourth-order valence-corrected chi connectivity index (χ4v) is 3.54. The Labute approximate surface area is 124 Å². The average molecular weight is 295 g/mol. The Kier molecular flexibility index (Phi) is 4.40. The molecule has 1 aromatic rings. The molecule has 2 aliphatic heterocycles. The number of benzene rings is 1. The number of halogens is 2. The van der Waals surface area contributed by atoms with Gasteiger partial charge in [-0.05, 0) is 31.9 Å². The van der Waals surface area contributed by atoms with E-state index in [1.54, 1.807) is 6.07 Å². The minimum Gasteiger partial charge on any atom is -0.371 e. The summed E-state index contributed by atoms with van der Waals surface area (Å²) in [5.74, 6) is -1.53. The Morgan fingerprint density at radius 3 is 2.52 bits per heavy atom. The molecule has 0 amide bonds. The van der Waals surface area contributed by atoms with Crippen LogP contribution >= 0.6 is 0 Å². The summed E-state index contributed by atoms with van der Waals surface area (Å²) in [7, 11) is 0. The molecule has 0 spiro atoms. The summed E-state index contributed by atoms with van der Waals surface area (Å²) in [6.07, 6.45) is 2.17. The fraction of sp³-hybridized carbons (Fsp3) is 0.625. The van der Waals surface area contributed by atoms with Crippen LogP contribution in [0.2, 0.25) is 0 Å². The smallest absolute Gasteiger partial charge is 0.160 e. The van der Waals surface area contributed by atoms with Crippen LogP contribution in [0.1, 0.15) is 19.8 Å². The van der Waals surface area contributed by atoms with Gasteiger partial charge in [0.25, 0.3) is 0 Å². The lowest BCUT2D eigenvalue weighted by molar-refractivity contribution is 0.0997. The van der Waals surface area contributed by atoms with Crippen molar-refractivity contribution in [2.45, 2.75) is 31.8 Å². The molecule has 0 aromatic heterocycles. The van der Waals surface area contributed by atoms with Crippen LogP contribution in [0.3, 0.4) is 0 Å². The highest BCUT2D eigenvalue weighted by atomic mass is 19.2. The highest BCUT2D eigenvalue weighted by Crippen LogP contribution is 2.25. The Morgan fingerprint density at radius 2 is 1.86 bits per heavy atom. The predicted octanol–water partition coefficient (Wildman–Crippen LogP) is 2.23. The molecule has 2 fully saturated rings. The summed E-state index contributed by atoms with van der Waals surface area (Å²) in [5.41, 5.74) is 0.792. The van der Waals surface area contributed by atoms with Crippen LogP contribution in [0.25, 0.3) is 0 Å². The highest BCUT2D eigenvalue weighted by molar-refractivity contribution is 5.47. The van der Waals surface area contributed by atoms with E-state index in [1.807, 2.05) is 0 Å². The summed E-state index contributed by atoms with van der Waals surface area (Å²) in [6.45, 7) is 7.32. The van der Waals surface area contributed by atoms with Gasteiger partial charge in [0.1, 0.15) is 0 Å². The van der Waals surface area contributed by atoms with Crippen LogP contribution in [-0.2, 0) is 0 Å². The summed E-state index contributed by atoms with van der Waals surface area (Å²) in [5, 5.41) is 3.42. The zero-order chi connectivity index (χ0) is 14.8. The Morgan fingerprint density at radius 1 is 1.10 bits per heavy atom. The van der Waals surface area contributed by atoms with Crippen molar-refractivity contribution in [3.8, 4) is 0 Å². The Balaban J connectivity index is 1.60. The van der Waals surface area contributed by atoms with Gasteiger partial charge in [-0.1, -0.05) is 0 Å². The lowest BCUT2D eigenvalue weighted by atomic mass is 9.99. The van der Waals surface area contributed by atoms with Gasteiger partial charge in [-0.25, -0.2) is 8.78 Å². The number of nitrogens with one attached hydrogen (secondary N) is 1. The monoisotopic (exact) mass is 295 g/mol. The van der Waals surface area contributed by atoms with E-state index in [-0.39, 0.29) is 0 Å². The van der Waals surface area contributed by atoms with E-state index in [0.29, 0.717) is 12.1 Å². The molecular formula is C16H23F2N3. The fourth-order valence-electron chi connectivity index (χ4n) is 3.54. The number of anilines is 1. The highest BCUT2D eigenvalue weighted by Gasteiger charge is 2.29. The Hall–Kier alpha value is -1.20. The maximum Gasteiger partial charge on any atom is 0.160 e. The molecule has 116 valence electrons. The van der Waals surface area contributed by atoms with Gasteiger partial charge in [0.2, 0.25) is 0 Å². The molecule has 0 saturated carbocycles. The number of piperidine rings is 1. The standard InChI is InChI=1S/C16H23F2N3/c1-12-11-19-6-9-21(12)13-4-7-20(8-5-13)14-2-3-15(17)16(18)10-14/h2-3,10,12-13,19H,4-9,11H2,1H3/t12-/m1/s1. The average Bonchev–Trinajstić information content (AvgIpc) is 2.51. The molecule has 3 nitrogen and oxygen atoms in total. The summed E-state index contributed by atoms with van der Waals surface area (Å²) < 4.78 is 26.3. The number of hydrogen-bond acceptors (Lipinski definition) is 3.